The van der Waals surface area contributed by atoms with Gasteiger partial charge in [0.2, 0.25) is 5.88 Å². The molecule has 0 aliphatic carbocycles. The Hall–Kier alpha value is -2.76. The van der Waals surface area contributed by atoms with E-state index >= 15 is 0 Å². The van der Waals surface area contributed by atoms with Gasteiger partial charge in [-0.25, -0.2) is 4.79 Å². The number of carbonyl (C=O) groups is 1. The van der Waals surface area contributed by atoms with Gasteiger partial charge in [0.25, 0.3) is 0 Å². The van der Waals surface area contributed by atoms with Gasteiger partial charge in [-0.3, -0.25) is 4.90 Å². The van der Waals surface area contributed by atoms with Crippen molar-refractivity contribution in [3.8, 4) is 5.88 Å². The minimum absolute atomic E-state index is 0.0247. The summed E-state index contributed by atoms with van der Waals surface area (Å²) < 4.78 is 5.11. The summed E-state index contributed by atoms with van der Waals surface area (Å²) in [6.07, 6.45) is 0. The van der Waals surface area contributed by atoms with Crippen molar-refractivity contribution in [1.29, 1.82) is 0 Å². The van der Waals surface area contributed by atoms with Crippen LogP contribution in [0.5, 0.6) is 5.88 Å². The van der Waals surface area contributed by atoms with Crippen LogP contribution in [0.4, 0.5) is 22.0 Å². The Labute approximate surface area is 129 Å². The lowest BCUT2D eigenvalue weighted by Gasteiger charge is -2.17. The number of nitrogens with one attached hydrogen (secondary N) is 1. The second kappa shape index (κ2) is 5.93. The first kappa shape index (κ1) is 14.2. The molecule has 1 saturated heterocycles. The van der Waals surface area contributed by atoms with Crippen molar-refractivity contribution >= 4 is 23.2 Å². The molecule has 0 atom stereocenters. The molecular formula is C16H18N4O2. The molecule has 6 heteroatoms. The average molecular weight is 298 g/mol. The van der Waals surface area contributed by atoms with Crippen molar-refractivity contribution in [2.45, 2.75) is 0 Å². The fraction of sp³-hybridized carbons (Fsp3) is 0.250. The van der Waals surface area contributed by atoms with Crippen LogP contribution in [0.1, 0.15) is 0 Å². The number of rotatable bonds is 4. The fourth-order valence-corrected chi connectivity index (χ4v) is 2.38. The van der Waals surface area contributed by atoms with Crippen LogP contribution in [0, 0.1) is 0 Å². The van der Waals surface area contributed by atoms with Gasteiger partial charge < -0.3 is 15.0 Å². The maximum absolute atomic E-state index is 12.1. The second-order valence-corrected chi connectivity index (χ2v) is 5.10. The third-order valence-corrected chi connectivity index (χ3v) is 3.58. The van der Waals surface area contributed by atoms with E-state index in [1.54, 1.807) is 23.0 Å². The molecule has 3 rings (SSSR count). The van der Waals surface area contributed by atoms with Crippen LogP contribution in [0.15, 0.2) is 42.5 Å². The Kier molecular flexibility index (Phi) is 3.82. The van der Waals surface area contributed by atoms with Gasteiger partial charge in [0.05, 0.1) is 7.11 Å². The summed E-state index contributed by atoms with van der Waals surface area (Å²) >= 11 is 0. The Bertz CT molecular complexity index is 689. The maximum Gasteiger partial charge on any atom is 0.324 e. The van der Waals surface area contributed by atoms with Gasteiger partial charge in [-0.2, -0.15) is 4.98 Å². The molecular weight excluding hydrogens is 280 g/mol. The van der Waals surface area contributed by atoms with Gasteiger partial charge in [-0.05, 0) is 24.3 Å². The summed E-state index contributed by atoms with van der Waals surface area (Å²) in [5.74, 6) is 1.25. The van der Waals surface area contributed by atoms with Crippen molar-refractivity contribution in [2.24, 2.45) is 0 Å². The third kappa shape index (κ3) is 2.81. The fourth-order valence-electron chi connectivity index (χ4n) is 2.38. The van der Waals surface area contributed by atoms with E-state index in [1.807, 2.05) is 43.4 Å². The summed E-state index contributed by atoms with van der Waals surface area (Å²) in [4.78, 5) is 19.9. The second-order valence-electron chi connectivity index (χ2n) is 5.10. The molecule has 1 aliphatic rings. The van der Waals surface area contributed by atoms with Crippen LogP contribution < -0.4 is 15.0 Å². The number of methoxy groups -OCH3 is 1. The maximum atomic E-state index is 12.1. The quantitative estimate of drug-likeness (QED) is 0.943. The van der Waals surface area contributed by atoms with Crippen LogP contribution in [-0.2, 0) is 0 Å². The van der Waals surface area contributed by atoms with Gasteiger partial charge in [0, 0.05) is 37.6 Å². The number of aromatic nitrogens is 1. The highest BCUT2D eigenvalue weighted by atomic mass is 16.5. The number of anilines is 3. The summed E-state index contributed by atoms with van der Waals surface area (Å²) in [6, 6.07) is 13.3. The molecule has 0 spiro atoms. The largest absolute Gasteiger partial charge is 0.481 e. The Morgan fingerprint density at radius 2 is 2.00 bits per heavy atom. The van der Waals surface area contributed by atoms with Crippen LogP contribution >= 0.6 is 0 Å². The summed E-state index contributed by atoms with van der Waals surface area (Å²) in [5, 5.41) is 3.23. The van der Waals surface area contributed by atoms with Gasteiger partial charge >= 0.3 is 6.03 Å². The van der Waals surface area contributed by atoms with E-state index in [9.17, 15) is 4.79 Å². The molecule has 114 valence electrons. The number of hydrogen-bond acceptors (Lipinski definition) is 4. The third-order valence-electron chi connectivity index (χ3n) is 3.58. The number of pyridine rings is 1. The predicted molar refractivity (Wildman–Crippen MR) is 85.9 cm³/mol. The number of hydrogen-bond donors (Lipinski definition) is 1. The number of ether oxygens (including phenoxy) is 1. The van der Waals surface area contributed by atoms with Gasteiger partial charge in [0.1, 0.15) is 5.82 Å². The smallest absolute Gasteiger partial charge is 0.324 e. The first-order chi connectivity index (χ1) is 10.7. The lowest BCUT2D eigenvalue weighted by molar-refractivity contribution is 0.229. The molecule has 0 radical (unpaired) electrons. The molecule has 1 N–H and O–H groups in total. The minimum Gasteiger partial charge on any atom is -0.481 e. The van der Waals surface area contributed by atoms with Crippen LogP contribution in [-0.4, -0.2) is 43.2 Å². The van der Waals surface area contributed by atoms with Crippen molar-refractivity contribution in [1.82, 2.24) is 9.88 Å². The highest BCUT2D eigenvalue weighted by molar-refractivity contribution is 5.94. The lowest BCUT2D eigenvalue weighted by Crippen LogP contribution is -2.29. The zero-order chi connectivity index (χ0) is 15.5. The molecule has 2 heterocycles. The van der Waals surface area contributed by atoms with Crippen molar-refractivity contribution in [2.75, 3.05) is 37.5 Å². The molecule has 2 aromatic rings. The SMILES string of the molecule is COc1cccc(Nc2cccc(N3CCN(C)C3=O)c2)n1. The van der Waals surface area contributed by atoms with E-state index in [4.69, 9.17) is 4.74 Å². The molecule has 1 aromatic heterocycles. The van der Waals surface area contributed by atoms with Gasteiger partial charge in [0.15, 0.2) is 0 Å². The lowest BCUT2D eigenvalue weighted by atomic mass is 10.2. The zero-order valence-corrected chi connectivity index (χ0v) is 12.6. The number of amides is 2. The molecule has 0 bridgehead atoms. The highest BCUT2D eigenvalue weighted by Crippen LogP contribution is 2.25. The molecule has 1 aromatic carbocycles. The molecule has 1 fully saturated rings. The van der Waals surface area contributed by atoms with E-state index in [0.717, 1.165) is 17.9 Å². The normalized spacial score (nSPS) is 14.4. The Morgan fingerprint density at radius 1 is 1.18 bits per heavy atom. The van der Waals surface area contributed by atoms with Gasteiger partial charge in [-0.15, -0.1) is 0 Å². The Morgan fingerprint density at radius 3 is 2.73 bits per heavy atom. The summed E-state index contributed by atoms with van der Waals surface area (Å²) in [5.41, 5.74) is 1.75. The number of urea groups is 1. The average Bonchev–Trinajstić information content (AvgIpc) is 2.87. The van der Waals surface area contributed by atoms with Crippen molar-refractivity contribution in [3.05, 3.63) is 42.5 Å². The predicted octanol–water partition coefficient (Wildman–Crippen LogP) is 2.71. The number of benzene rings is 1. The topological polar surface area (TPSA) is 57.7 Å². The molecule has 6 nitrogen and oxygen atoms in total. The molecule has 2 amide bonds. The van der Waals surface area contributed by atoms with Crippen molar-refractivity contribution < 1.29 is 9.53 Å². The van der Waals surface area contributed by atoms with E-state index in [2.05, 4.69) is 10.3 Å². The molecule has 0 unspecified atom stereocenters. The first-order valence-corrected chi connectivity index (χ1v) is 7.08. The minimum atomic E-state index is 0.0247. The Balaban J connectivity index is 1.80. The highest BCUT2D eigenvalue weighted by Gasteiger charge is 2.26. The number of likely N-dealkylation sites (N-methyl/N-ethyl adjacent to an activating group) is 1. The standard InChI is InChI=1S/C16H18N4O2/c1-19-9-10-20(16(19)21)13-6-3-5-12(11-13)17-14-7-4-8-15(18-14)22-2/h3-8,11H,9-10H2,1-2H3,(H,17,18). The van der Waals surface area contributed by atoms with E-state index in [-0.39, 0.29) is 6.03 Å². The molecule has 1 aliphatic heterocycles. The molecule has 0 saturated carbocycles. The van der Waals surface area contributed by atoms with Crippen molar-refractivity contribution in [3.63, 3.8) is 0 Å². The first-order valence-electron chi connectivity index (χ1n) is 7.08. The number of nitrogens with zero attached hydrogens (tertiary/aromatic N) is 3. The van der Waals surface area contributed by atoms with E-state index in [1.165, 1.54) is 0 Å². The summed E-state index contributed by atoms with van der Waals surface area (Å²) in [6.45, 7) is 1.45. The molecule has 22 heavy (non-hydrogen) atoms. The monoisotopic (exact) mass is 298 g/mol. The van der Waals surface area contributed by atoms with E-state index < -0.39 is 0 Å². The van der Waals surface area contributed by atoms with Crippen LogP contribution in [0.25, 0.3) is 0 Å². The van der Waals surface area contributed by atoms with E-state index in [0.29, 0.717) is 18.2 Å². The van der Waals surface area contributed by atoms with Crippen LogP contribution in [0.2, 0.25) is 0 Å². The number of carbonyl (C=O) groups excluding carboxylic acids is 1. The van der Waals surface area contributed by atoms with Crippen LogP contribution in [0.3, 0.4) is 0 Å². The summed E-state index contributed by atoms with van der Waals surface area (Å²) in [7, 11) is 3.40. The zero-order valence-electron chi connectivity index (χ0n) is 12.6. The van der Waals surface area contributed by atoms with Gasteiger partial charge in [-0.1, -0.05) is 12.1 Å².